The molecule has 5 heterocycles. The van der Waals surface area contributed by atoms with Gasteiger partial charge in [0.05, 0.1) is 50.7 Å². The fraction of sp³-hybridized carbons (Fsp3) is 0.949. The van der Waals surface area contributed by atoms with Crippen LogP contribution in [0, 0.1) is 50.2 Å². The third kappa shape index (κ3) is 11.1. The normalized spacial score (nSPS) is 54.8. The molecule has 494 valence electrons. The lowest BCUT2D eigenvalue weighted by Crippen LogP contribution is -2.67. The van der Waals surface area contributed by atoms with Crippen molar-refractivity contribution in [3.63, 3.8) is 0 Å². The molecule has 5 aliphatic carbocycles. The molecule has 4 saturated carbocycles. The molecule has 0 bridgehead atoms. The van der Waals surface area contributed by atoms with Crippen LogP contribution in [0.15, 0.2) is 11.6 Å². The first-order chi connectivity index (χ1) is 40.4. The molecule has 0 amide bonds. The van der Waals surface area contributed by atoms with E-state index in [1.807, 2.05) is 6.92 Å². The predicted octanol–water partition coefficient (Wildman–Crippen LogP) is -3.57. The first kappa shape index (κ1) is 67.1. The Labute approximate surface area is 499 Å². The summed E-state index contributed by atoms with van der Waals surface area (Å²) in [6, 6.07) is 0. The van der Waals surface area contributed by atoms with Crippen molar-refractivity contribution in [1.82, 2.24) is 0 Å². The van der Waals surface area contributed by atoms with Crippen molar-refractivity contribution in [2.24, 2.45) is 50.2 Å². The minimum atomic E-state index is -1.98. The molecule has 0 unspecified atom stereocenters. The summed E-state index contributed by atoms with van der Waals surface area (Å²) in [4.78, 5) is 15.2. The zero-order valence-electron chi connectivity index (χ0n) is 50.0. The van der Waals surface area contributed by atoms with Crippen molar-refractivity contribution in [2.45, 2.75) is 266 Å². The number of aliphatic hydroxyl groups excluding tert-OH is 16. The second kappa shape index (κ2) is 24.9. The number of hydrogen-bond donors (Lipinski definition) is 16. The molecule has 10 rings (SSSR count). The number of fused-ring (bicyclic) bond motifs is 7. The van der Waals surface area contributed by atoms with E-state index < -0.39 is 196 Å². The molecule has 0 spiro atoms. The molecular formula is C59H96O27. The lowest BCUT2D eigenvalue weighted by Gasteiger charge is -2.71. The van der Waals surface area contributed by atoms with Crippen LogP contribution in [0.3, 0.4) is 0 Å². The van der Waals surface area contributed by atoms with Crippen molar-refractivity contribution in [1.29, 1.82) is 0 Å². The van der Waals surface area contributed by atoms with Gasteiger partial charge in [-0.05, 0) is 111 Å². The van der Waals surface area contributed by atoms with Gasteiger partial charge in [-0.25, -0.2) is 0 Å². The minimum Gasteiger partial charge on any atom is -0.432 e. The molecule has 33 atom stereocenters. The SMILES string of the molecule is C[C@@H]1O[C@H](O[C@H]2[C@H](O)[C@@H](O)[C@H](O[C@H]3[C@H](O)[C@@H](O)[C@H](OC(=O)[C@]45CCC(C)(C)C[C@H]4C4=CC[C@@H]6[C@@]7(C)CC[C@H](O[C@@H]8OC[C@H](O)[C@H](O)[C@H]8O[C@@H]8O[C@H](CO)[C@@H](O)[C@H](O)[C@H]8O)[C@@](C)(CO)[C@@H]7CC[C@@]6(C)[C@]4(C)CC5)O[C@@H]3CO)O[C@@H]2CO)[C@H](O)[C@H](O)[C@H]1O. The lowest BCUT2D eigenvalue weighted by molar-refractivity contribution is -0.377. The molecular weight excluding hydrogens is 1140 g/mol. The van der Waals surface area contributed by atoms with Gasteiger partial charge in [0.25, 0.3) is 0 Å². The molecule has 0 aromatic heterocycles. The summed E-state index contributed by atoms with van der Waals surface area (Å²) in [6.07, 6.45) is -31.6. The molecule has 10 aliphatic rings. The Morgan fingerprint density at radius 1 is 0.535 bits per heavy atom. The highest BCUT2D eigenvalue weighted by molar-refractivity contribution is 5.79. The minimum absolute atomic E-state index is 0.0953. The quantitative estimate of drug-likeness (QED) is 0.0454. The van der Waals surface area contributed by atoms with E-state index >= 15 is 4.79 Å². The van der Waals surface area contributed by atoms with Crippen LogP contribution >= 0.6 is 0 Å². The van der Waals surface area contributed by atoms with Gasteiger partial charge in [-0.3, -0.25) is 4.79 Å². The zero-order chi connectivity index (χ0) is 62.7. The van der Waals surface area contributed by atoms with E-state index in [1.165, 1.54) is 12.5 Å². The zero-order valence-corrected chi connectivity index (χ0v) is 50.0. The summed E-state index contributed by atoms with van der Waals surface area (Å²) in [6.45, 7) is 11.7. The number of hydrogen-bond acceptors (Lipinski definition) is 27. The Hall–Kier alpha value is -1.79. The van der Waals surface area contributed by atoms with E-state index in [9.17, 15) is 81.7 Å². The van der Waals surface area contributed by atoms with Gasteiger partial charge in [0, 0.05) is 5.41 Å². The molecule has 9 fully saturated rings. The molecule has 5 saturated heterocycles. The third-order valence-corrected chi connectivity index (χ3v) is 23.3. The van der Waals surface area contributed by atoms with Crippen molar-refractivity contribution in [3.8, 4) is 0 Å². The third-order valence-electron chi connectivity index (χ3n) is 23.3. The number of esters is 1. The van der Waals surface area contributed by atoms with Gasteiger partial charge in [0.2, 0.25) is 6.29 Å². The highest BCUT2D eigenvalue weighted by Gasteiger charge is 2.71. The van der Waals surface area contributed by atoms with Gasteiger partial charge in [-0.15, -0.1) is 0 Å². The first-order valence-corrected chi connectivity index (χ1v) is 30.8. The van der Waals surface area contributed by atoms with Crippen LogP contribution in [0.2, 0.25) is 0 Å². The van der Waals surface area contributed by atoms with Crippen LogP contribution in [-0.2, 0) is 52.2 Å². The molecule has 27 nitrogen and oxygen atoms in total. The monoisotopic (exact) mass is 1240 g/mol. The van der Waals surface area contributed by atoms with Crippen molar-refractivity contribution >= 4 is 5.97 Å². The predicted molar refractivity (Wildman–Crippen MR) is 289 cm³/mol. The van der Waals surface area contributed by atoms with Crippen LogP contribution in [-0.4, -0.2) is 274 Å². The van der Waals surface area contributed by atoms with Gasteiger partial charge in [-0.2, -0.15) is 0 Å². The number of carbonyl (C=O) groups excluding carboxylic acids is 1. The number of carbonyl (C=O) groups is 1. The fourth-order valence-electron chi connectivity index (χ4n) is 17.7. The van der Waals surface area contributed by atoms with Crippen LogP contribution in [0.1, 0.15) is 113 Å². The molecule has 0 radical (unpaired) electrons. The van der Waals surface area contributed by atoms with Crippen LogP contribution in [0.5, 0.6) is 0 Å². The molecule has 86 heavy (non-hydrogen) atoms. The Morgan fingerprint density at radius 3 is 1.67 bits per heavy atom. The van der Waals surface area contributed by atoms with Crippen molar-refractivity contribution in [2.75, 3.05) is 33.0 Å². The summed E-state index contributed by atoms with van der Waals surface area (Å²) >= 11 is 0. The van der Waals surface area contributed by atoms with E-state index in [-0.39, 0.29) is 47.2 Å². The van der Waals surface area contributed by atoms with E-state index in [0.717, 1.165) is 6.42 Å². The summed E-state index contributed by atoms with van der Waals surface area (Å²) in [7, 11) is 0. The van der Waals surface area contributed by atoms with E-state index in [4.69, 9.17) is 47.4 Å². The Kier molecular flexibility index (Phi) is 19.4. The van der Waals surface area contributed by atoms with Crippen LogP contribution in [0.4, 0.5) is 0 Å². The van der Waals surface area contributed by atoms with Gasteiger partial charge in [-0.1, -0.05) is 53.2 Å². The lowest BCUT2D eigenvalue weighted by atomic mass is 9.33. The molecule has 5 aliphatic heterocycles. The molecule has 16 N–H and O–H groups in total. The van der Waals surface area contributed by atoms with E-state index in [1.54, 1.807) is 0 Å². The standard InChI is InChI=1S/C59H96O27/c1-24-34(65)37(68)41(72)48(78-24)83-45-29(20-61)80-50(43(74)39(45)70)84-46-30(21-62)81-51(44(75)40(46)71)86-53(76)59-16-14-54(2,3)18-26(59)25-8-9-32-55(4)12-11-33(56(5,23-63)31(55)10-13-58(32,7)57(25,6)15-17-59)82-52-47(35(66)27(64)22-77-52)85-49-42(73)38(69)36(67)28(19-60)79-49/h8,24,26-52,60-75H,9-23H2,1-7H3/t24-,26-,27-,28+,29+,30+,31+,32+,33-,34-,35-,36+,37+,38-,39+,40+,41+,42+,43+,44+,45+,46+,47+,48+,49-,50-,51-,52-,55-,56-,57+,58+,59-/m0/s1. The Morgan fingerprint density at radius 2 is 1.07 bits per heavy atom. The van der Waals surface area contributed by atoms with Crippen LogP contribution < -0.4 is 0 Å². The second-order valence-electron chi connectivity index (χ2n) is 28.5. The summed E-state index contributed by atoms with van der Waals surface area (Å²) in [5.41, 5.74) is -2.06. The maximum atomic E-state index is 15.2. The summed E-state index contributed by atoms with van der Waals surface area (Å²) < 4.78 is 59.4. The second-order valence-corrected chi connectivity index (χ2v) is 28.5. The van der Waals surface area contributed by atoms with Crippen molar-refractivity contribution < 1.29 is 134 Å². The van der Waals surface area contributed by atoms with Crippen LogP contribution in [0.25, 0.3) is 0 Å². The van der Waals surface area contributed by atoms with E-state index in [0.29, 0.717) is 57.8 Å². The number of ether oxygens (including phenoxy) is 10. The average Bonchev–Trinajstić information content (AvgIpc) is 0.680. The summed E-state index contributed by atoms with van der Waals surface area (Å²) in [5, 5.41) is 173. The maximum Gasteiger partial charge on any atom is 0.315 e. The Bertz CT molecular complexity index is 2380. The largest absolute Gasteiger partial charge is 0.432 e. The van der Waals surface area contributed by atoms with Gasteiger partial charge in [0.15, 0.2) is 25.2 Å². The number of rotatable bonds is 14. The molecule has 0 aromatic carbocycles. The van der Waals surface area contributed by atoms with E-state index in [2.05, 4.69) is 40.7 Å². The van der Waals surface area contributed by atoms with Gasteiger partial charge >= 0.3 is 5.97 Å². The van der Waals surface area contributed by atoms with Gasteiger partial charge < -0.3 is 129 Å². The summed E-state index contributed by atoms with van der Waals surface area (Å²) in [5.74, 6) is -0.933. The highest BCUT2D eigenvalue weighted by atomic mass is 16.8. The molecule has 27 heteroatoms. The topological polar surface area (TPSA) is 433 Å². The average molecular weight is 1240 g/mol. The fourth-order valence-corrected chi connectivity index (χ4v) is 17.7. The Balaban J connectivity index is 0.836. The smallest absolute Gasteiger partial charge is 0.315 e. The maximum absolute atomic E-state index is 15.2. The molecule has 0 aromatic rings. The van der Waals surface area contributed by atoms with Gasteiger partial charge in [0.1, 0.15) is 110 Å². The van der Waals surface area contributed by atoms with Crippen molar-refractivity contribution in [3.05, 3.63) is 11.6 Å². The highest BCUT2D eigenvalue weighted by Crippen LogP contribution is 2.76. The first-order valence-electron chi connectivity index (χ1n) is 30.8. The number of allylic oxidation sites excluding steroid dienone is 2. The number of aliphatic hydroxyl groups is 16.